The Labute approximate surface area is 130 Å². The van der Waals surface area contributed by atoms with Crippen LogP contribution in [-0.2, 0) is 11.3 Å². The van der Waals surface area contributed by atoms with Gasteiger partial charge < -0.3 is 10.6 Å². The summed E-state index contributed by atoms with van der Waals surface area (Å²) in [6.45, 7) is 1.09. The molecule has 0 bridgehead atoms. The summed E-state index contributed by atoms with van der Waals surface area (Å²) in [5, 5.41) is 1.19. The van der Waals surface area contributed by atoms with Gasteiger partial charge >= 0.3 is 0 Å². The van der Waals surface area contributed by atoms with Crippen LogP contribution < -0.4 is 5.73 Å². The van der Waals surface area contributed by atoms with E-state index < -0.39 is 0 Å². The highest BCUT2D eigenvalue weighted by Crippen LogP contribution is 2.43. The maximum atomic E-state index is 12.3. The molecule has 5 heteroatoms. The molecule has 1 saturated carbocycles. The van der Waals surface area contributed by atoms with Gasteiger partial charge in [0.25, 0.3) is 0 Å². The minimum absolute atomic E-state index is 0.0368. The Kier molecular flexibility index (Phi) is 4.95. The van der Waals surface area contributed by atoms with Crippen molar-refractivity contribution in [2.45, 2.75) is 32.2 Å². The molecule has 1 aliphatic rings. The molecule has 1 amide bonds. The highest BCUT2D eigenvalue weighted by atomic mass is 35.5. The minimum Gasteiger partial charge on any atom is -0.341 e. The average Bonchev–Trinajstić information content (AvgIpc) is 2.36. The van der Waals surface area contributed by atoms with E-state index in [1.54, 1.807) is 24.1 Å². The molecule has 1 aromatic rings. The van der Waals surface area contributed by atoms with E-state index in [1.807, 2.05) is 6.07 Å². The number of nitrogens with zero attached hydrogens (tertiary/aromatic N) is 1. The van der Waals surface area contributed by atoms with Crippen LogP contribution in [-0.4, -0.2) is 24.4 Å². The minimum atomic E-state index is 0.0368. The van der Waals surface area contributed by atoms with Crippen molar-refractivity contribution in [1.29, 1.82) is 0 Å². The summed E-state index contributed by atoms with van der Waals surface area (Å²) in [4.78, 5) is 14.0. The van der Waals surface area contributed by atoms with E-state index in [-0.39, 0.29) is 11.3 Å². The molecule has 0 atom stereocenters. The van der Waals surface area contributed by atoms with E-state index in [4.69, 9.17) is 28.9 Å². The number of hydrogen-bond acceptors (Lipinski definition) is 2. The predicted molar refractivity (Wildman–Crippen MR) is 82.9 cm³/mol. The Balaban J connectivity index is 1.97. The third kappa shape index (κ3) is 3.46. The lowest BCUT2D eigenvalue weighted by Crippen LogP contribution is -2.42. The Bertz CT molecular complexity index is 495. The second kappa shape index (κ2) is 6.33. The molecule has 110 valence electrons. The van der Waals surface area contributed by atoms with Gasteiger partial charge in [0.1, 0.15) is 0 Å². The summed E-state index contributed by atoms with van der Waals surface area (Å²) in [5.41, 5.74) is 6.75. The van der Waals surface area contributed by atoms with Gasteiger partial charge in [-0.3, -0.25) is 4.79 Å². The molecule has 0 heterocycles. The van der Waals surface area contributed by atoms with Gasteiger partial charge in [0.05, 0.1) is 0 Å². The van der Waals surface area contributed by atoms with Gasteiger partial charge in [-0.05, 0) is 42.5 Å². The number of rotatable bonds is 5. The van der Waals surface area contributed by atoms with Crippen LogP contribution in [0, 0.1) is 5.41 Å². The molecular formula is C15H20Cl2N2O. The predicted octanol–water partition coefficient (Wildman–Crippen LogP) is 3.47. The zero-order valence-electron chi connectivity index (χ0n) is 11.7. The fourth-order valence-electron chi connectivity index (χ4n) is 2.58. The first-order valence-corrected chi connectivity index (χ1v) is 7.59. The average molecular weight is 315 g/mol. The maximum Gasteiger partial charge on any atom is 0.223 e. The van der Waals surface area contributed by atoms with Crippen LogP contribution in [0.25, 0.3) is 0 Å². The molecule has 0 aromatic heterocycles. The lowest BCUT2D eigenvalue weighted by Gasteiger charge is -2.41. The molecule has 3 nitrogen and oxygen atoms in total. The molecule has 0 radical (unpaired) electrons. The summed E-state index contributed by atoms with van der Waals surface area (Å²) in [5.74, 6) is 0.126. The second-order valence-electron chi connectivity index (χ2n) is 5.72. The van der Waals surface area contributed by atoms with E-state index in [1.165, 1.54) is 6.42 Å². The van der Waals surface area contributed by atoms with Gasteiger partial charge in [-0.15, -0.1) is 0 Å². The molecule has 2 N–H and O–H groups in total. The zero-order chi connectivity index (χ0) is 14.8. The van der Waals surface area contributed by atoms with Crippen molar-refractivity contribution in [2.75, 3.05) is 13.6 Å². The summed E-state index contributed by atoms with van der Waals surface area (Å²) >= 11 is 12.0. The van der Waals surface area contributed by atoms with Crippen molar-refractivity contribution in [3.63, 3.8) is 0 Å². The SMILES string of the molecule is CN(Cc1ccc(Cl)cc1Cl)C(=O)CC1(CN)CCC1. The normalized spacial score (nSPS) is 16.6. The van der Waals surface area contributed by atoms with Gasteiger partial charge in [-0.2, -0.15) is 0 Å². The van der Waals surface area contributed by atoms with Crippen LogP contribution in [0.5, 0.6) is 0 Å². The monoisotopic (exact) mass is 314 g/mol. The maximum absolute atomic E-state index is 12.3. The van der Waals surface area contributed by atoms with Crippen LogP contribution in [0.4, 0.5) is 0 Å². The van der Waals surface area contributed by atoms with Gasteiger partial charge in [0, 0.05) is 30.1 Å². The van der Waals surface area contributed by atoms with Gasteiger partial charge in [-0.25, -0.2) is 0 Å². The standard InChI is InChI=1S/C15H20Cl2N2O/c1-19(9-11-3-4-12(16)7-13(11)17)14(20)8-15(10-18)5-2-6-15/h3-4,7H,2,5-6,8-10,18H2,1H3. The van der Waals surface area contributed by atoms with Gasteiger partial charge in [0.2, 0.25) is 5.91 Å². The highest BCUT2D eigenvalue weighted by molar-refractivity contribution is 6.35. The molecule has 2 rings (SSSR count). The number of carbonyl (C=O) groups excluding carboxylic acids is 1. The number of halogens is 2. The van der Waals surface area contributed by atoms with E-state index in [9.17, 15) is 4.79 Å². The van der Waals surface area contributed by atoms with Crippen LogP contribution in [0.1, 0.15) is 31.2 Å². The van der Waals surface area contributed by atoms with Crippen molar-refractivity contribution in [1.82, 2.24) is 4.90 Å². The Morgan fingerprint density at radius 1 is 1.40 bits per heavy atom. The first-order chi connectivity index (χ1) is 9.46. The molecule has 0 saturated heterocycles. The molecule has 1 fully saturated rings. The molecular weight excluding hydrogens is 295 g/mol. The lowest BCUT2D eigenvalue weighted by atomic mass is 9.66. The summed E-state index contributed by atoms with van der Waals surface area (Å²) in [6, 6.07) is 5.34. The fraction of sp³-hybridized carbons (Fsp3) is 0.533. The van der Waals surface area contributed by atoms with Crippen molar-refractivity contribution in [3.8, 4) is 0 Å². The molecule has 1 aliphatic carbocycles. The smallest absolute Gasteiger partial charge is 0.223 e. The number of benzene rings is 1. The summed E-state index contributed by atoms with van der Waals surface area (Å²) < 4.78 is 0. The van der Waals surface area contributed by atoms with Crippen LogP contribution >= 0.6 is 23.2 Å². The third-order valence-electron chi connectivity index (χ3n) is 4.22. The molecule has 0 aliphatic heterocycles. The first-order valence-electron chi connectivity index (χ1n) is 6.84. The van der Waals surface area contributed by atoms with E-state index in [0.29, 0.717) is 29.6 Å². The second-order valence-corrected chi connectivity index (χ2v) is 6.56. The third-order valence-corrected chi connectivity index (χ3v) is 4.81. The van der Waals surface area contributed by atoms with Crippen LogP contribution in [0.2, 0.25) is 10.0 Å². The number of hydrogen-bond donors (Lipinski definition) is 1. The highest BCUT2D eigenvalue weighted by Gasteiger charge is 2.38. The van der Waals surface area contributed by atoms with E-state index in [2.05, 4.69) is 0 Å². The number of nitrogens with two attached hydrogens (primary N) is 1. The zero-order valence-corrected chi connectivity index (χ0v) is 13.2. The summed E-state index contributed by atoms with van der Waals surface area (Å²) in [6.07, 6.45) is 3.83. The molecule has 1 aromatic carbocycles. The Morgan fingerprint density at radius 3 is 2.60 bits per heavy atom. The molecule has 20 heavy (non-hydrogen) atoms. The topological polar surface area (TPSA) is 46.3 Å². The van der Waals surface area contributed by atoms with Crippen LogP contribution in [0.15, 0.2) is 18.2 Å². The van der Waals surface area contributed by atoms with Crippen LogP contribution in [0.3, 0.4) is 0 Å². The largest absolute Gasteiger partial charge is 0.341 e. The van der Waals surface area contributed by atoms with Crippen molar-refractivity contribution < 1.29 is 4.79 Å². The van der Waals surface area contributed by atoms with Crippen molar-refractivity contribution >= 4 is 29.1 Å². The van der Waals surface area contributed by atoms with Gasteiger partial charge in [-0.1, -0.05) is 35.7 Å². The van der Waals surface area contributed by atoms with E-state index in [0.717, 1.165) is 18.4 Å². The number of carbonyl (C=O) groups is 1. The van der Waals surface area contributed by atoms with Crippen molar-refractivity contribution in [2.24, 2.45) is 11.1 Å². The fourth-order valence-corrected chi connectivity index (χ4v) is 3.05. The Hall–Kier alpha value is -0.770. The lowest BCUT2D eigenvalue weighted by molar-refractivity contribution is -0.134. The molecule has 0 spiro atoms. The quantitative estimate of drug-likeness (QED) is 0.904. The van der Waals surface area contributed by atoms with E-state index >= 15 is 0 Å². The Morgan fingerprint density at radius 2 is 2.10 bits per heavy atom. The first kappa shape index (κ1) is 15.6. The van der Waals surface area contributed by atoms with Crippen molar-refractivity contribution in [3.05, 3.63) is 33.8 Å². The van der Waals surface area contributed by atoms with Gasteiger partial charge in [0.15, 0.2) is 0 Å². The molecule has 0 unspecified atom stereocenters. The number of amides is 1. The summed E-state index contributed by atoms with van der Waals surface area (Å²) in [7, 11) is 1.80.